The van der Waals surface area contributed by atoms with Crippen LogP contribution in [0.5, 0.6) is 11.5 Å². The molecule has 46 heavy (non-hydrogen) atoms. The molecule has 1 aliphatic rings. The molecule has 0 aromatic heterocycles. The summed E-state index contributed by atoms with van der Waals surface area (Å²) in [4.78, 5) is 25.3. The summed E-state index contributed by atoms with van der Waals surface area (Å²) < 4.78 is 56.5. The molecule has 8 heteroatoms. The highest BCUT2D eigenvalue weighted by Crippen LogP contribution is 2.37. The van der Waals surface area contributed by atoms with E-state index in [4.69, 9.17) is 14.2 Å². The number of esters is 2. The van der Waals surface area contributed by atoms with Crippen LogP contribution in [0.3, 0.4) is 0 Å². The summed E-state index contributed by atoms with van der Waals surface area (Å²) in [6.45, 7) is 4.96. The van der Waals surface area contributed by atoms with Gasteiger partial charge in [0.15, 0.2) is 6.10 Å². The van der Waals surface area contributed by atoms with E-state index in [9.17, 15) is 22.8 Å². The van der Waals surface area contributed by atoms with Crippen LogP contribution in [0.2, 0.25) is 0 Å². The molecule has 0 N–H and O–H groups in total. The van der Waals surface area contributed by atoms with Gasteiger partial charge in [-0.15, -0.1) is 0 Å². The molecule has 1 aliphatic carbocycles. The van der Waals surface area contributed by atoms with Crippen molar-refractivity contribution in [2.24, 2.45) is 5.92 Å². The van der Waals surface area contributed by atoms with Gasteiger partial charge in [-0.2, -0.15) is 13.2 Å². The number of alkyl halides is 3. The Balaban J connectivity index is 1.37. The van der Waals surface area contributed by atoms with Crippen molar-refractivity contribution < 1.29 is 37.0 Å². The van der Waals surface area contributed by atoms with Crippen LogP contribution in [0.15, 0.2) is 48.5 Å². The van der Waals surface area contributed by atoms with Gasteiger partial charge in [-0.3, -0.25) is 4.79 Å². The predicted molar refractivity (Wildman–Crippen MR) is 175 cm³/mol. The van der Waals surface area contributed by atoms with Gasteiger partial charge in [0.25, 0.3) is 0 Å². The first kappa shape index (κ1) is 37.4. The minimum Gasteiger partial charge on any atom is -0.494 e. The third kappa shape index (κ3) is 13.4. The number of ether oxygens (including phenoxy) is 3. The summed E-state index contributed by atoms with van der Waals surface area (Å²) >= 11 is 0. The predicted octanol–water partition coefficient (Wildman–Crippen LogP) is 11.1. The molecule has 1 saturated carbocycles. The standard InChI is InChI=1S/C38H53F3O5/c1-3-5-7-9-10-11-12-14-28-44-33-24-20-30(21-25-33)29-16-18-31(19-17-29)36(42)45-34-26-22-32(23-27-34)37(43)46-35(38(39,40)41)15-13-8-6-4-2/h20-27,29,31,35H,3-19,28H2,1-2H3. The molecule has 2 aromatic carbocycles. The van der Waals surface area contributed by atoms with Crippen LogP contribution < -0.4 is 9.47 Å². The van der Waals surface area contributed by atoms with Gasteiger partial charge in [0.05, 0.1) is 18.1 Å². The molecule has 0 spiro atoms. The third-order valence-corrected chi connectivity index (χ3v) is 8.92. The van der Waals surface area contributed by atoms with Crippen LogP contribution in [0.25, 0.3) is 0 Å². The molecule has 1 unspecified atom stereocenters. The molecule has 0 saturated heterocycles. The van der Waals surface area contributed by atoms with E-state index in [1.807, 2.05) is 19.1 Å². The molecule has 3 rings (SSSR count). The lowest BCUT2D eigenvalue weighted by Gasteiger charge is -2.27. The van der Waals surface area contributed by atoms with E-state index < -0.39 is 18.2 Å². The zero-order chi connectivity index (χ0) is 33.2. The molecular weight excluding hydrogens is 593 g/mol. The first-order valence-electron chi connectivity index (χ1n) is 17.5. The van der Waals surface area contributed by atoms with Gasteiger partial charge < -0.3 is 14.2 Å². The van der Waals surface area contributed by atoms with Crippen molar-refractivity contribution in [2.75, 3.05) is 6.61 Å². The monoisotopic (exact) mass is 646 g/mol. The second-order valence-corrected chi connectivity index (χ2v) is 12.7. The van der Waals surface area contributed by atoms with Crippen molar-refractivity contribution in [1.29, 1.82) is 0 Å². The highest BCUT2D eigenvalue weighted by atomic mass is 19.4. The summed E-state index contributed by atoms with van der Waals surface area (Å²) in [7, 11) is 0. The SMILES string of the molecule is CCCCCCCCCCOc1ccc(C2CCC(C(=O)Oc3ccc(C(=O)OC(CCCCCC)C(F)(F)F)cc3)CC2)cc1. The zero-order valence-corrected chi connectivity index (χ0v) is 27.8. The van der Waals surface area contributed by atoms with Crippen LogP contribution in [-0.2, 0) is 9.53 Å². The van der Waals surface area contributed by atoms with Gasteiger partial charge in [0, 0.05) is 0 Å². The normalized spacial score (nSPS) is 17.3. The average molecular weight is 647 g/mol. The van der Waals surface area contributed by atoms with Gasteiger partial charge in [-0.05, 0) is 92.8 Å². The Morgan fingerprint density at radius 3 is 1.85 bits per heavy atom. The van der Waals surface area contributed by atoms with Crippen molar-refractivity contribution >= 4 is 11.9 Å². The summed E-state index contributed by atoms with van der Waals surface area (Å²) in [6, 6.07) is 13.8. The molecule has 0 aliphatic heterocycles. The van der Waals surface area contributed by atoms with Gasteiger partial charge in [-0.1, -0.05) is 90.2 Å². The lowest BCUT2D eigenvalue weighted by atomic mass is 9.79. The zero-order valence-electron chi connectivity index (χ0n) is 27.8. The van der Waals surface area contributed by atoms with Crippen molar-refractivity contribution in [3.63, 3.8) is 0 Å². The molecule has 5 nitrogen and oxygen atoms in total. The highest BCUT2D eigenvalue weighted by molar-refractivity contribution is 5.89. The molecule has 0 radical (unpaired) electrons. The molecule has 0 heterocycles. The first-order chi connectivity index (χ1) is 22.2. The molecular formula is C38H53F3O5. The van der Waals surface area contributed by atoms with Crippen LogP contribution in [0.4, 0.5) is 13.2 Å². The topological polar surface area (TPSA) is 61.8 Å². The summed E-state index contributed by atoms with van der Waals surface area (Å²) in [5.41, 5.74) is 1.23. The van der Waals surface area contributed by atoms with E-state index in [0.717, 1.165) is 44.5 Å². The largest absolute Gasteiger partial charge is 0.494 e. The minimum absolute atomic E-state index is 0.0206. The minimum atomic E-state index is -4.62. The van der Waals surface area contributed by atoms with E-state index in [0.29, 0.717) is 31.6 Å². The number of carbonyl (C=O) groups excluding carboxylic acids is 2. The Morgan fingerprint density at radius 1 is 0.717 bits per heavy atom. The van der Waals surface area contributed by atoms with Crippen molar-refractivity contribution in [2.45, 2.75) is 141 Å². The number of rotatable bonds is 20. The van der Waals surface area contributed by atoms with Gasteiger partial charge >= 0.3 is 18.1 Å². The van der Waals surface area contributed by atoms with Gasteiger partial charge in [-0.25, -0.2) is 4.79 Å². The van der Waals surface area contributed by atoms with Crippen LogP contribution in [0.1, 0.15) is 145 Å². The number of hydrogen-bond donors (Lipinski definition) is 0. The highest BCUT2D eigenvalue weighted by Gasteiger charge is 2.42. The number of benzene rings is 2. The lowest BCUT2D eigenvalue weighted by molar-refractivity contribution is -0.206. The number of hydrogen-bond acceptors (Lipinski definition) is 5. The quantitative estimate of drug-likeness (QED) is 0.0814. The number of unbranched alkanes of at least 4 members (excludes halogenated alkanes) is 10. The Bertz CT molecular complexity index is 1140. The van der Waals surface area contributed by atoms with Crippen LogP contribution >= 0.6 is 0 Å². The van der Waals surface area contributed by atoms with E-state index in [1.165, 1.54) is 74.8 Å². The molecule has 0 amide bonds. The second kappa shape index (κ2) is 20.3. The van der Waals surface area contributed by atoms with Crippen LogP contribution in [-0.4, -0.2) is 30.8 Å². The molecule has 1 fully saturated rings. The Kier molecular flexibility index (Phi) is 16.5. The fourth-order valence-electron chi connectivity index (χ4n) is 6.03. The third-order valence-electron chi connectivity index (χ3n) is 8.92. The molecule has 256 valence electrons. The average Bonchev–Trinajstić information content (AvgIpc) is 3.05. The first-order valence-corrected chi connectivity index (χ1v) is 17.5. The van der Waals surface area contributed by atoms with Crippen molar-refractivity contribution in [3.8, 4) is 11.5 Å². The molecule has 1 atom stereocenters. The molecule has 2 aromatic rings. The number of halogens is 3. The Labute approximate surface area is 273 Å². The number of carbonyl (C=O) groups is 2. The lowest BCUT2D eigenvalue weighted by Crippen LogP contribution is -2.33. The maximum absolute atomic E-state index is 13.4. The van der Waals surface area contributed by atoms with Crippen molar-refractivity contribution in [3.05, 3.63) is 59.7 Å². The Hall–Kier alpha value is -3.03. The van der Waals surface area contributed by atoms with Gasteiger partial charge in [0.1, 0.15) is 11.5 Å². The summed E-state index contributed by atoms with van der Waals surface area (Å²) in [5, 5.41) is 0. The van der Waals surface area contributed by atoms with Gasteiger partial charge in [0.2, 0.25) is 0 Å². The second-order valence-electron chi connectivity index (χ2n) is 12.7. The van der Waals surface area contributed by atoms with Crippen molar-refractivity contribution in [1.82, 2.24) is 0 Å². The van der Waals surface area contributed by atoms with E-state index in [-0.39, 0.29) is 29.6 Å². The van der Waals surface area contributed by atoms with Crippen LogP contribution in [0, 0.1) is 5.92 Å². The maximum Gasteiger partial charge on any atom is 0.425 e. The fraction of sp³-hybridized carbons (Fsp3) is 0.632. The summed E-state index contributed by atoms with van der Waals surface area (Å²) in [6.07, 6.45) is 9.07. The summed E-state index contributed by atoms with van der Waals surface area (Å²) in [5.74, 6) is -0.0810. The maximum atomic E-state index is 13.4. The molecule has 0 bridgehead atoms. The van der Waals surface area contributed by atoms with E-state index >= 15 is 0 Å². The fourth-order valence-corrected chi connectivity index (χ4v) is 6.03. The van der Waals surface area contributed by atoms with E-state index in [1.54, 1.807) is 0 Å². The van der Waals surface area contributed by atoms with E-state index in [2.05, 4.69) is 19.1 Å². The Morgan fingerprint density at radius 2 is 1.26 bits per heavy atom. The smallest absolute Gasteiger partial charge is 0.425 e.